The highest BCUT2D eigenvalue weighted by molar-refractivity contribution is 5.79. The summed E-state index contributed by atoms with van der Waals surface area (Å²) >= 11 is 0. The molecule has 2 fully saturated rings. The molecule has 0 aromatic carbocycles. The second-order valence-corrected chi connectivity index (χ2v) is 4.91. The van der Waals surface area contributed by atoms with Crippen LogP contribution in [0.2, 0.25) is 0 Å². The van der Waals surface area contributed by atoms with Crippen LogP contribution in [0, 0.1) is 5.92 Å². The Morgan fingerprint density at radius 3 is 2.64 bits per heavy atom. The van der Waals surface area contributed by atoms with Crippen LogP contribution in [0.4, 0.5) is 0 Å². The van der Waals surface area contributed by atoms with E-state index in [-0.39, 0.29) is 0 Å². The average molecular weight is 198 g/mol. The van der Waals surface area contributed by atoms with Crippen LogP contribution in [0.15, 0.2) is 0 Å². The van der Waals surface area contributed by atoms with Gasteiger partial charge in [-0.25, -0.2) is 0 Å². The third-order valence-electron chi connectivity index (χ3n) is 3.62. The number of carboxylic acid groups (broad SMARTS) is 1. The lowest BCUT2D eigenvalue weighted by molar-refractivity contribution is -0.142. The molecule has 14 heavy (non-hydrogen) atoms. The van der Waals surface area contributed by atoms with E-state index in [1.54, 1.807) is 0 Å². The number of hydrogen-bond acceptors (Lipinski definition) is 3. The van der Waals surface area contributed by atoms with Crippen molar-refractivity contribution in [3.05, 3.63) is 0 Å². The van der Waals surface area contributed by atoms with Gasteiger partial charge in [0.05, 0.1) is 0 Å². The summed E-state index contributed by atoms with van der Waals surface area (Å²) in [6, 6.07) is 0.592. The molecule has 1 heterocycles. The van der Waals surface area contributed by atoms with Crippen LogP contribution in [-0.2, 0) is 4.79 Å². The topological polar surface area (TPSA) is 66.6 Å². The first-order valence-electron chi connectivity index (χ1n) is 5.27. The minimum absolute atomic E-state index is 0.528. The summed E-state index contributed by atoms with van der Waals surface area (Å²) in [5.74, 6) is -0.0509. The van der Waals surface area contributed by atoms with Crippen LogP contribution in [0.5, 0.6) is 0 Å². The zero-order valence-corrected chi connectivity index (χ0v) is 8.57. The maximum Gasteiger partial charge on any atom is 0.325 e. The van der Waals surface area contributed by atoms with E-state index in [4.69, 9.17) is 10.8 Å². The normalized spacial score (nSPS) is 43.6. The summed E-state index contributed by atoms with van der Waals surface area (Å²) in [5.41, 5.74) is 4.82. The van der Waals surface area contributed by atoms with Gasteiger partial charge in [0.25, 0.3) is 0 Å². The van der Waals surface area contributed by atoms with Crippen LogP contribution in [0.3, 0.4) is 0 Å². The van der Waals surface area contributed by atoms with Crippen molar-refractivity contribution in [3.63, 3.8) is 0 Å². The first-order valence-corrected chi connectivity index (χ1v) is 5.27. The Morgan fingerprint density at radius 1 is 1.57 bits per heavy atom. The average Bonchev–Trinajstić information content (AvgIpc) is 2.44. The highest BCUT2D eigenvalue weighted by Gasteiger charge is 2.45. The van der Waals surface area contributed by atoms with Crippen molar-refractivity contribution < 1.29 is 9.90 Å². The quantitative estimate of drug-likeness (QED) is 0.668. The van der Waals surface area contributed by atoms with E-state index in [9.17, 15) is 4.79 Å². The highest BCUT2D eigenvalue weighted by atomic mass is 16.4. The Morgan fingerprint density at radius 2 is 2.21 bits per heavy atom. The molecule has 4 heteroatoms. The monoisotopic (exact) mass is 198 g/mol. The van der Waals surface area contributed by atoms with Crippen LogP contribution in [0.1, 0.15) is 26.2 Å². The number of likely N-dealkylation sites (tertiary alicyclic amines) is 1. The van der Waals surface area contributed by atoms with E-state index in [1.165, 1.54) is 12.8 Å². The second-order valence-electron chi connectivity index (χ2n) is 4.91. The minimum Gasteiger partial charge on any atom is -0.480 e. The highest BCUT2D eigenvalue weighted by Crippen LogP contribution is 2.34. The number of nitrogens with zero attached hydrogens (tertiary/aromatic N) is 1. The lowest BCUT2D eigenvalue weighted by atomic mass is 9.81. The molecule has 1 unspecified atom stereocenters. The molecular weight excluding hydrogens is 180 g/mol. The first kappa shape index (κ1) is 9.93. The molecule has 1 saturated heterocycles. The van der Waals surface area contributed by atoms with E-state index in [2.05, 4.69) is 11.8 Å². The summed E-state index contributed by atoms with van der Waals surface area (Å²) in [4.78, 5) is 13.2. The molecule has 0 spiro atoms. The Bertz CT molecular complexity index is 251. The summed E-state index contributed by atoms with van der Waals surface area (Å²) in [6.07, 6.45) is 3.00. The van der Waals surface area contributed by atoms with E-state index in [1.807, 2.05) is 0 Å². The van der Waals surface area contributed by atoms with Crippen molar-refractivity contribution in [2.45, 2.75) is 37.8 Å². The Hall–Kier alpha value is -0.610. The minimum atomic E-state index is -0.987. The molecule has 0 aromatic heterocycles. The van der Waals surface area contributed by atoms with Gasteiger partial charge in [-0.3, -0.25) is 9.69 Å². The van der Waals surface area contributed by atoms with Crippen molar-refractivity contribution in [1.29, 1.82) is 0 Å². The van der Waals surface area contributed by atoms with Gasteiger partial charge in [-0.1, -0.05) is 6.92 Å². The maximum atomic E-state index is 10.9. The fraction of sp³-hybridized carbons (Fsp3) is 0.900. The Labute approximate surface area is 84.1 Å². The number of hydrogen-bond donors (Lipinski definition) is 2. The molecule has 0 amide bonds. The van der Waals surface area contributed by atoms with Gasteiger partial charge < -0.3 is 10.8 Å². The van der Waals surface area contributed by atoms with E-state index in [0.717, 1.165) is 12.5 Å². The summed E-state index contributed by atoms with van der Waals surface area (Å²) in [5, 5.41) is 8.96. The van der Waals surface area contributed by atoms with Gasteiger partial charge in [0.15, 0.2) is 0 Å². The summed E-state index contributed by atoms with van der Waals surface area (Å²) in [6.45, 7) is 3.61. The molecule has 1 aliphatic heterocycles. The van der Waals surface area contributed by atoms with Crippen LogP contribution < -0.4 is 5.73 Å². The van der Waals surface area contributed by atoms with Gasteiger partial charge in [-0.05, 0) is 25.2 Å². The first-order chi connectivity index (χ1) is 6.51. The van der Waals surface area contributed by atoms with Gasteiger partial charge in [-0.15, -0.1) is 0 Å². The molecule has 2 rings (SSSR count). The van der Waals surface area contributed by atoms with Gasteiger partial charge in [-0.2, -0.15) is 0 Å². The molecule has 0 bridgehead atoms. The number of carbonyl (C=O) groups is 1. The Kier molecular flexibility index (Phi) is 2.27. The zero-order valence-electron chi connectivity index (χ0n) is 8.57. The molecule has 0 aromatic rings. The van der Waals surface area contributed by atoms with Gasteiger partial charge in [0.2, 0.25) is 0 Å². The van der Waals surface area contributed by atoms with E-state index in [0.29, 0.717) is 19.0 Å². The molecule has 1 aliphatic carbocycles. The second kappa shape index (κ2) is 3.21. The lowest BCUT2D eigenvalue weighted by Crippen LogP contribution is -2.52. The number of nitrogens with two attached hydrogens (primary N) is 1. The zero-order chi connectivity index (χ0) is 10.3. The van der Waals surface area contributed by atoms with E-state index >= 15 is 0 Å². The predicted octanol–water partition coefficient (Wildman–Crippen LogP) is 0.273. The largest absolute Gasteiger partial charge is 0.480 e. The molecular formula is C10H18N2O2. The third kappa shape index (κ3) is 1.53. The molecule has 2 aliphatic rings. The summed E-state index contributed by atoms with van der Waals surface area (Å²) in [7, 11) is 0. The molecule has 3 N–H and O–H groups in total. The van der Waals surface area contributed by atoms with Crippen LogP contribution in [0.25, 0.3) is 0 Å². The van der Waals surface area contributed by atoms with Crippen molar-refractivity contribution in [3.8, 4) is 0 Å². The Balaban J connectivity index is 1.92. The number of rotatable bonds is 2. The number of aliphatic carboxylic acids is 1. The smallest absolute Gasteiger partial charge is 0.325 e. The SMILES string of the molecule is CC1CC(N2CCC(N)(C(=O)O)C2)C1. The van der Waals surface area contributed by atoms with E-state index < -0.39 is 11.5 Å². The molecule has 0 radical (unpaired) electrons. The van der Waals surface area contributed by atoms with Gasteiger partial charge >= 0.3 is 5.97 Å². The van der Waals surface area contributed by atoms with Gasteiger partial charge in [0.1, 0.15) is 5.54 Å². The molecule has 4 nitrogen and oxygen atoms in total. The molecule has 1 atom stereocenters. The molecule has 80 valence electrons. The fourth-order valence-corrected chi connectivity index (χ4v) is 2.51. The van der Waals surface area contributed by atoms with Crippen molar-refractivity contribution in [2.75, 3.05) is 13.1 Å². The lowest BCUT2D eigenvalue weighted by Gasteiger charge is -2.40. The van der Waals surface area contributed by atoms with Crippen molar-refractivity contribution >= 4 is 5.97 Å². The predicted molar refractivity (Wildman–Crippen MR) is 52.9 cm³/mol. The maximum absolute atomic E-state index is 10.9. The standard InChI is InChI=1S/C10H18N2O2/c1-7-4-8(5-7)12-3-2-10(11,6-12)9(13)14/h7-8H,2-6,11H2,1H3,(H,13,14). The number of carboxylic acids is 1. The fourth-order valence-electron chi connectivity index (χ4n) is 2.51. The third-order valence-corrected chi connectivity index (χ3v) is 3.62. The van der Waals surface area contributed by atoms with Crippen LogP contribution >= 0.6 is 0 Å². The van der Waals surface area contributed by atoms with Crippen molar-refractivity contribution in [1.82, 2.24) is 4.90 Å². The summed E-state index contributed by atoms with van der Waals surface area (Å²) < 4.78 is 0. The van der Waals surface area contributed by atoms with Crippen molar-refractivity contribution in [2.24, 2.45) is 11.7 Å². The van der Waals surface area contributed by atoms with Gasteiger partial charge in [0, 0.05) is 19.1 Å². The molecule has 1 saturated carbocycles. The van der Waals surface area contributed by atoms with Crippen LogP contribution in [-0.4, -0.2) is 40.6 Å².